The Kier molecular flexibility index (Phi) is 2.37. The maximum Gasteiger partial charge on any atom is 0.165 e. The van der Waals surface area contributed by atoms with E-state index in [4.69, 9.17) is 5.11 Å². The van der Waals surface area contributed by atoms with Gasteiger partial charge in [0.15, 0.2) is 11.6 Å². The molecule has 14 heavy (non-hydrogen) atoms. The number of aromatic hydroxyl groups is 1. The number of phenolic OH excluding ortho intramolecular Hbond substituents is 1. The lowest BCUT2D eigenvalue weighted by Crippen LogP contribution is -2.09. The number of phenols is 1. The number of halogens is 2. The molecule has 4 heteroatoms. The van der Waals surface area contributed by atoms with Crippen LogP contribution in [0, 0.1) is 11.6 Å². The Balaban J connectivity index is 2.37. The van der Waals surface area contributed by atoms with Crippen LogP contribution in [-0.2, 0) is 0 Å². The first-order valence-corrected chi connectivity index (χ1v) is 4.57. The fourth-order valence-electron chi connectivity index (χ4n) is 1.78. The van der Waals surface area contributed by atoms with E-state index in [2.05, 4.69) is 5.32 Å². The van der Waals surface area contributed by atoms with Crippen LogP contribution in [0.2, 0.25) is 0 Å². The SMILES string of the molecule is Oc1cc(F)c(C2CCNC2)cc1F. The third-order valence-corrected chi connectivity index (χ3v) is 2.57. The van der Waals surface area contributed by atoms with Crippen molar-refractivity contribution in [1.82, 2.24) is 5.32 Å². The van der Waals surface area contributed by atoms with Crippen LogP contribution in [-0.4, -0.2) is 18.2 Å². The molecule has 2 rings (SSSR count). The van der Waals surface area contributed by atoms with Crippen LogP contribution < -0.4 is 5.32 Å². The Labute approximate surface area is 80.6 Å². The summed E-state index contributed by atoms with van der Waals surface area (Å²) in [4.78, 5) is 0. The molecule has 2 N–H and O–H groups in total. The van der Waals surface area contributed by atoms with E-state index in [1.165, 1.54) is 0 Å². The molecule has 2 nitrogen and oxygen atoms in total. The summed E-state index contributed by atoms with van der Waals surface area (Å²) in [5.41, 5.74) is 0.352. The second-order valence-electron chi connectivity index (χ2n) is 3.51. The molecule has 1 aliphatic rings. The van der Waals surface area contributed by atoms with Gasteiger partial charge in [-0.2, -0.15) is 0 Å². The number of nitrogens with one attached hydrogen (secondary N) is 1. The van der Waals surface area contributed by atoms with E-state index in [-0.39, 0.29) is 5.92 Å². The van der Waals surface area contributed by atoms with Gasteiger partial charge in [-0.05, 0) is 24.6 Å². The summed E-state index contributed by atoms with van der Waals surface area (Å²) in [6.45, 7) is 1.49. The zero-order valence-corrected chi connectivity index (χ0v) is 7.56. The molecule has 1 heterocycles. The quantitative estimate of drug-likeness (QED) is 0.722. The molecule has 0 amide bonds. The molecule has 0 bridgehead atoms. The molecule has 0 spiro atoms. The van der Waals surface area contributed by atoms with Gasteiger partial charge in [-0.3, -0.25) is 0 Å². The minimum Gasteiger partial charge on any atom is -0.505 e. The van der Waals surface area contributed by atoms with Gasteiger partial charge in [0.2, 0.25) is 0 Å². The normalized spacial score (nSPS) is 21.4. The lowest BCUT2D eigenvalue weighted by molar-refractivity contribution is 0.423. The Morgan fingerprint density at radius 1 is 1.29 bits per heavy atom. The molecule has 0 aliphatic carbocycles. The highest BCUT2D eigenvalue weighted by Gasteiger charge is 2.21. The van der Waals surface area contributed by atoms with Gasteiger partial charge in [0.25, 0.3) is 0 Å². The van der Waals surface area contributed by atoms with Crippen molar-refractivity contribution in [2.75, 3.05) is 13.1 Å². The maximum atomic E-state index is 13.3. The molecular weight excluding hydrogens is 188 g/mol. The molecule has 1 aliphatic heterocycles. The van der Waals surface area contributed by atoms with Gasteiger partial charge in [-0.25, -0.2) is 8.78 Å². The topological polar surface area (TPSA) is 32.3 Å². The average Bonchev–Trinajstić information content (AvgIpc) is 2.64. The van der Waals surface area contributed by atoms with Gasteiger partial charge in [0, 0.05) is 18.5 Å². The van der Waals surface area contributed by atoms with Gasteiger partial charge in [-0.1, -0.05) is 0 Å². The summed E-state index contributed by atoms with van der Waals surface area (Å²) in [5, 5.41) is 12.0. The van der Waals surface area contributed by atoms with Crippen molar-refractivity contribution in [3.8, 4) is 5.75 Å². The molecule has 1 aromatic carbocycles. The molecular formula is C10H11F2NO. The second kappa shape index (κ2) is 3.53. The van der Waals surface area contributed by atoms with E-state index < -0.39 is 17.4 Å². The summed E-state index contributed by atoms with van der Waals surface area (Å²) < 4.78 is 26.3. The largest absolute Gasteiger partial charge is 0.505 e. The minimum atomic E-state index is -0.756. The first-order valence-electron chi connectivity index (χ1n) is 4.57. The molecule has 1 fully saturated rings. The van der Waals surface area contributed by atoms with Crippen molar-refractivity contribution in [2.45, 2.75) is 12.3 Å². The van der Waals surface area contributed by atoms with E-state index >= 15 is 0 Å². The Bertz CT molecular complexity index is 348. The number of hydrogen-bond acceptors (Lipinski definition) is 2. The van der Waals surface area contributed by atoms with Gasteiger partial charge in [0.1, 0.15) is 5.82 Å². The van der Waals surface area contributed by atoms with Gasteiger partial charge in [-0.15, -0.1) is 0 Å². The summed E-state index contributed by atoms with van der Waals surface area (Å²) >= 11 is 0. The molecule has 0 radical (unpaired) electrons. The lowest BCUT2D eigenvalue weighted by Gasteiger charge is -2.10. The summed E-state index contributed by atoms with van der Waals surface area (Å²) in [6.07, 6.45) is 0.807. The fourth-order valence-corrected chi connectivity index (χ4v) is 1.78. The second-order valence-corrected chi connectivity index (χ2v) is 3.51. The van der Waals surface area contributed by atoms with Crippen molar-refractivity contribution < 1.29 is 13.9 Å². The minimum absolute atomic E-state index is 0.0186. The van der Waals surface area contributed by atoms with Crippen molar-refractivity contribution >= 4 is 0 Å². The molecule has 0 saturated carbocycles. The maximum absolute atomic E-state index is 13.3. The van der Waals surface area contributed by atoms with E-state index in [1.54, 1.807) is 0 Å². The third-order valence-electron chi connectivity index (χ3n) is 2.57. The van der Waals surface area contributed by atoms with Crippen LogP contribution in [0.3, 0.4) is 0 Å². The van der Waals surface area contributed by atoms with Crippen molar-refractivity contribution in [2.24, 2.45) is 0 Å². The van der Waals surface area contributed by atoms with Crippen molar-refractivity contribution in [3.63, 3.8) is 0 Å². The van der Waals surface area contributed by atoms with E-state index in [0.29, 0.717) is 12.1 Å². The van der Waals surface area contributed by atoms with Crippen LogP contribution in [0.4, 0.5) is 8.78 Å². The zero-order valence-electron chi connectivity index (χ0n) is 7.56. The van der Waals surface area contributed by atoms with Gasteiger partial charge >= 0.3 is 0 Å². The highest BCUT2D eigenvalue weighted by atomic mass is 19.1. The van der Waals surface area contributed by atoms with Crippen molar-refractivity contribution in [3.05, 3.63) is 29.3 Å². The Hall–Kier alpha value is -1.16. The molecule has 76 valence electrons. The highest BCUT2D eigenvalue weighted by molar-refractivity contribution is 5.32. The molecule has 0 aromatic heterocycles. The summed E-state index contributed by atoms with van der Waals surface area (Å²) in [7, 11) is 0. The zero-order chi connectivity index (χ0) is 10.1. The standard InChI is InChI=1S/C10H11F2NO/c11-8-4-10(14)9(12)3-7(8)6-1-2-13-5-6/h3-4,6,13-14H,1-2,5H2. The molecule has 1 atom stereocenters. The number of hydrogen-bond donors (Lipinski definition) is 2. The summed E-state index contributed by atoms with van der Waals surface area (Å²) in [5.74, 6) is -1.90. The average molecular weight is 199 g/mol. The van der Waals surface area contributed by atoms with Gasteiger partial charge < -0.3 is 10.4 Å². The van der Waals surface area contributed by atoms with Crippen LogP contribution in [0.5, 0.6) is 5.75 Å². The van der Waals surface area contributed by atoms with E-state index in [0.717, 1.165) is 25.1 Å². The van der Waals surface area contributed by atoms with Crippen LogP contribution in [0.25, 0.3) is 0 Å². The highest BCUT2D eigenvalue weighted by Crippen LogP contribution is 2.28. The first kappa shape index (κ1) is 9.40. The van der Waals surface area contributed by atoms with Crippen LogP contribution >= 0.6 is 0 Å². The van der Waals surface area contributed by atoms with Crippen LogP contribution in [0.15, 0.2) is 12.1 Å². The molecule has 1 unspecified atom stereocenters. The van der Waals surface area contributed by atoms with Crippen LogP contribution in [0.1, 0.15) is 17.9 Å². The smallest absolute Gasteiger partial charge is 0.165 e. The van der Waals surface area contributed by atoms with E-state index in [9.17, 15) is 8.78 Å². The third kappa shape index (κ3) is 1.57. The fraction of sp³-hybridized carbons (Fsp3) is 0.400. The number of benzene rings is 1. The van der Waals surface area contributed by atoms with E-state index in [1.807, 2.05) is 0 Å². The molecule has 1 aromatic rings. The monoisotopic (exact) mass is 199 g/mol. The predicted molar refractivity (Wildman–Crippen MR) is 48.3 cm³/mol. The van der Waals surface area contributed by atoms with Gasteiger partial charge in [0.05, 0.1) is 0 Å². The number of rotatable bonds is 1. The first-order chi connectivity index (χ1) is 6.68. The van der Waals surface area contributed by atoms with Crippen molar-refractivity contribution in [1.29, 1.82) is 0 Å². The Morgan fingerprint density at radius 2 is 2.07 bits per heavy atom. The Morgan fingerprint density at radius 3 is 2.71 bits per heavy atom. The molecule has 1 saturated heterocycles. The summed E-state index contributed by atoms with van der Waals surface area (Å²) in [6, 6.07) is 1.92. The predicted octanol–water partition coefficient (Wildman–Crippen LogP) is 1.75. The lowest BCUT2D eigenvalue weighted by atomic mass is 9.97.